The Bertz CT molecular complexity index is 1920. The molecule has 0 spiro atoms. The Labute approximate surface area is 407 Å². The molecule has 21 heteroatoms. The van der Waals surface area contributed by atoms with Gasteiger partial charge in [0.25, 0.3) is 0 Å². The molecule has 0 radical (unpaired) electrons. The van der Waals surface area contributed by atoms with Crippen LogP contribution >= 0.6 is 15.6 Å². The Morgan fingerprint density at radius 2 is 1.38 bits per heavy atom. The van der Waals surface area contributed by atoms with Gasteiger partial charge in [-0.2, -0.15) is 9.29 Å². The number of unbranched alkanes of at least 4 members (excludes halogenated alkanes) is 10. The molecule has 0 bridgehead atoms. The van der Waals surface area contributed by atoms with Crippen LogP contribution in [0.25, 0.3) is 0 Å². The Morgan fingerprint density at radius 1 is 0.797 bits per heavy atom. The number of nitrogens with two attached hydrogens (primary N) is 1. The lowest BCUT2D eigenvalue weighted by atomic mass is 10.0. The summed E-state index contributed by atoms with van der Waals surface area (Å²) < 4.78 is 56.6. The number of nitrogens with zero attached hydrogens (tertiary/aromatic N) is 2. The van der Waals surface area contributed by atoms with E-state index in [0.29, 0.717) is 32.1 Å². The fraction of sp³-hybridized carbons (Fsp3) is 0.667. The number of carbonyl (C=O) groups is 2. The average molecular weight is 1020 g/mol. The molecular formula is C48H79N3O16P2. The summed E-state index contributed by atoms with van der Waals surface area (Å²) in [7, 11) is -10.9. The van der Waals surface area contributed by atoms with Gasteiger partial charge in [0.15, 0.2) is 12.3 Å². The molecule has 1 aliphatic rings. The van der Waals surface area contributed by atoms with E-state index in [2.05, 4.69) is 35.3 Å². The summed E-state index contributed by atoms with van der Waals surface area (Å²) in [6.45, 7) is 4.03. The lowest BCUT2D eigenvalue weighted by Gasteiger charge is -2.21. The van der Waals surface area contributed by atoms with Gasteiger partial charge in [-0.25, -0.2) is 13.9 Å². The van der Waals surface area contributed by atoms with Crippen molar-refractivity contribution in [2.45, 2.75) is 180 Å². The fourth-order valence-electron chi connectivity index (χ4n) is 6.78. The van der Waals surface area contributed by atoms with Gasteiger partial charge in [-0.15, -0.1) is 0 Å². The van der Waals surface area contributed by atoms with Crippen molar-refractivity contribution in [3.05, 3.63) is 83.5 Å². The predicted octanol–water partition coefficient (Wildman–Crippen LogP) is 8.38. The van der Waals surface area contributed by atoms with Crippen molar-refractivity contribution in [2.24, 2.45) is 5.92 Å². The lowest BCUT2D eigenvalue weighted by Crippen LogP contribution is -2.36. The number of allylic oxidation sites excluding steroid dienone is 9. The molecule has 1 aromatic rings. The second-order valence-corrected chi connectivity index (χ2v) is 20.3. The molecule has 0 aliphatic carbocycles. The van der Waals surface area contributed by atoms with Gasteiger partial charge in [0.1, 0.15) is 30.7 Å². The van der Waals surface area contributed by atoms with Crippen LogP contribution in [0.3, 0.4) is 0 Å². The maximum absolute atomic E-state index is 12.8. The zero-order chi connectivity index (χ0) is 50.9. The molecular weight excluding hydrogens is 936 g/mol. The van der Waals surface area contributed by atoms with E-state index in [4.69, 9.17) is 29.0 Å². The van der Waals surface area contributed by atoms with E-state index in [1.165, 1.54) is 44.6 Å². The molecule has 2 rings (SSSR count). The molecule has 7 N–H and O–H groups in total. The highest BCUT2D eigenvalue weighted by Gasteiger charge is 2.46. The van der Waals surface area contributed by atoms with E-state index in [1.54, 1.807) is 6.08 Å². The molecule has 69 heavy (non-hydrogen) atoms. The minimum absolute atomic E-state index is 0.0436. The minimum atomic E-state index is -5.44. The van der Waals surface area contributed by atoms with E-state index in [0.717, 1.165) is 55.2 Å². The van der Waals surface area contributed by atoms with Crippen LogP contribution in [0.4, 0.5) is 5.82 Å². The first kappa shape index (κ1) is 61.5. The SMILES string of the molecule is CC[C@@H](O)/C=C/C=C\C/C=C\C/C=C\C/C=C\CCCC(=O)O[C@H](COC(=O)CCCCCCCCCCCCC(C)C)COP(=O)(O)OP(=O)(O)OC[C@H]1O[C@@H](n2ccc(N)nc2=O)[C@H](O)[C@@H]1O. The molecule has 2 unspecified atom stereocenters. The smallest absolute Gasteiger partial charge is 0.462 e. The standard InChI is InChI=1S/C48H79N3O16P2/c1-4-39(52)30-26-22-18-14-9-7-5-6-8-10-16-20-24-28-32-44(54)65-40(35-62-43(53)31-27-23-19-15-12-11-13-17-21-25-29-38(2)3)36-63-68(58,59)67-69(60,61)64-37-41-45(55)46(56)47(66-41)51-34-33-42(49)50-48(51)57/h6-9,16,18,20,22,26,30,33-34,38-41,45-47,52,55-56H,4-5,10-15,17,19,21,23-25,27-29,31-32,35-37H2,1-3H3,(H,58,59)(H,60,61)(H2,49,50,57)/b8-6-,9-7-,20-16-,22-18-,30-26+/t39-,40-,41-,45-,46-,47-/m1/s1. The number of phosphoric acid groups is 2. The maximum atomic E-state index is 12.8. The number of aliphatic hydroxyl groups is 3. The molecule has 1 aromatic heterocycles. The van der Waals surface area contributed by atoms with Crippen molar-refractivity contribution in [3.63, 3.8) is 0 Å². The molecule has 1 saturated heterocycles. The number of rotatable bonds is 38. The molecule has 0 saturated carbocycles. The number of anilines is 1. The first-order valence-corrected chi connectivity index (χ1v) is 27.3. The van der Waals surface area contributed by atoms with E-state index in [-0.39, 0.29) is 18.7 Å². The fourth-order valence-corrected chi connectivity index (χ4v) is 8.89. The highest BCUT2D eigenvalue weighted by molar-refractivity contribution is 7.61. The molecule has 0 aromatic carbocycles. The summed E-state index contributed by atoms with van der Waals surface area (Å²) in [5.74, 6) is -0.647. The summed E-state index contributed by atoms with van der Waals surface area (Å²) in [5, 5.41) is 30.4. The number of hydrogen-bond donors (Lipinski definition) is 6. The number of ether oxygens (including phenoxy) is 3. The summed E-state index contributed by atoms with van der Waals surface area (Å²) in [5.41, 5.74) is 4.57. The van der Waals surface area contributed by atoms with Gasteiger partial charge in [0.05, 0.1) is 19.3 Å². The number of aliphatic hydroxyl groups excluding tert-OH is 3. The van der Waals surface area contributed by atoms with Crippen molar-refractivity contribution in [3.8, 4) is 0 Å². The molecule has 19 nitrogen and oxygen atoms in total. The number of nitrogen functional groups attached to an aromatic ring is 1. The summed E-state index contributed by atoms with van der Waals surface area (Å²) >= 11 is 0. The topological polar surface area (TPSA) is 286 Å². The number of esters is 2. The number of phosphoric ester groups is 2. The third-order valence-electron chi connectivity index (χ3n) is 10.7. The zero-order valence-corrected chi connectivity index (χ0v) is 42.4. The van der Waals surface area contributed by atoms with Crippen LogP contribution < -0.4 is 11.4 Å². The molecule has 2 heterocycles. The third kappa shape index (κ3) is 29.4. The van der Waals surface area contributed by atoms with Gasteiger partial charge in [-0.3, -0.25) is 23.2 Å². The van der Waals surface area contributed by atoms with E-state index < -0.39 is 89.8 Å². The van der Waals surface area contributed by atoms with Crippen molar-refractivity contribution in [2.75, 3.05) is 25.6 Å². The largest absolute Gasteiger partial charge is 0.481 e. The minimum Gasteiger partial charge on any atom is -0.462 e. The number of carbonyl (C=O) groups excluding carboxylic acids is 2. The second-order valence-electron chi connectivity index (χ2n) is 17.3. The van der Waals surface area contributed by atoms with Crippen LogP contribution in [0.15, 0.2) is 77.8 Å². The van der Waals surface area contributed by atoms with Crippen molar-refractivity contribution in [1.82, 2.24) is 9.55 Å². The predicted molar refractivity (Wildman–Crippen MR) is 262 cm³/mol. The van der Waals surface area contributed by atoms with Crippen molar-refractivity contribution in [1.29, 1.82) is 0 Å². The molecule has 1 aliphatic heterocycles. The quantitative estimate of drug-likeness (QED) is 0.0119. The zero-order valence-electron chi connectivity index (χ0n) is 40.6. The van der Waals surface area contributed by atoms with Gasteiger partial charge in [0.2, 0.25) is 0 Å². The van der Waals surface area contributed by atoms with Crippen LogP contribution in [-0.2, 0) is 46.3 Å². The van der Waals surface area contributed by atoms with Crippen LogP contribution in [-0.4, -0.2) is 96.9 Å². The van der Waals surface area contributed by atoms with Gasteiger partial charge >= 0.3 is 33.3 Å². The Balaban J connectivity index is 1.85. The monoisotopic (exact) mass is 1020 g/mol. The van der Waals surface area contributed by atoms with Crippen LogP contribution in [0.2, 0.25) is 0 Å². The van der Waals surface area contributed by atoms with E-state index in [1.807, 2.05) is 49.5 Å². The first-order chi connectivity index (χ1) is 32.9. The Hall–Kier alpha value is -3.58. The van der Waals surface area contributed by atoms with E-state index >= 15 is 0 Å². The Kier molecular flexibility index (Phi) is 31.7. The molecule has 392 valence electrons. The first-order valence-electron chi connectivity index (χ1n) is 24.3. The summed E-state index contributed by atoms with van der Waals surface area (Å²) in [6.07, 6.45) is 28.5. The third-order valence-corrected chi connectivity index (χ3v) is 13.3. The average Bonchev–Trinajstić information content (AvgIpc) is 3.57. The van der Waals surface area contributed by atoms with Crippen LogP contribution in [0, 0.1) is 5.92 Å². The van der Waals surface area contributed by atoms with Crippen molar-refractivity contribution < 1.29 is 71.4 Å². The normalized spacial score (nSPS) is 20.4. The van der Waals surface area contributed by atoms with Crippen molar-refractivity contribution >= 4 is 33.4 Å². The van der Waals surface area contributed by atoms with E-state index in [9.17, 15) is 48.6 Å². The molecule has 1 fully saturated rings. The molecule has 8 atom stereocenters. The molecule has 0 amide bonds. The van der Waals surface area contributed by atoms with Crippen LogP contribution in [0.1, 0.15) is 149 Å². The summed E-state index contributed by atoms with van der Waals surface area (Å²) in [4.78, 5) is 61.8. The van der Waals surface area contributed by atoms with Gasteiger partial charge in [-0.05, 0) is 56.9 Å². The summed E-state index contributed by atoms with van der Waals surface area (Å²) in [6, 6.07) is 1.24. The second kappa shape index (κ2) is 35.5. The highest BCUT2D eigenvalue weighted by atomic mass is 31.3. The lowest BCUT2D eigenvalue weighted by molar-refractivity contribution is -0.161. The van der Waals surface area contributed by atoms with Gasteiger partial charge < -0.3 is 45.1 Å². The number of aromatic nitrogens is 2. The van der Waals surface area contributed by atoms with Crippen LogP contribution in [0.5, 0.6) is 0 Å². The highest BCUT2D eigenvalue weighted by Crippen LogP contribution is 2.60. The van der Waals surface area contributed by atoms with Gasteiger partial charge in [-0.1, -0.05) is 146 Å². The maximum Gasteiger partial charge on any atom is 0.481 e. The number of hydrogen-bond acceptors (Lipinski definition) is 16. The Morgan fingerprint density at radius 3 is 2.00 bits per heavy atom. The van der Waals surface area contributed by atoms with Gasteiger partial charge in [0, 0.05) is 19.0 Å².